The van der Waals surface area contributed by atoms with Gasteiger partial charge in [0.05, 0.1) is 11.0 Å². The molecule has 0 amide bonds. The molecular weight excluding hydrogens is 518 g/mol. The molecule has 0 fully saturated rings. The fraction of sp³-hybridized carbons (Fsp3) is 0. The van der Waals surface area contributed by atoms with Gasteiger partial charge in [0.2, 0.25) is 0 Å². The summed E-state index contributed by atoms with van der Waals surface area (Å²) >= 11 is 0. The second-order valence-electron chi connectivity index (χ2n) is 11.4. The minimum Gasteiger partial charge on any atom is -0.309 e. The highest BCUT2D eigenvalue weighted by molar-refractivity contribution is 6.21. The van der Waals surface area contributed by atoms with E-state index >= 15 is 0 Å². The Kier molecular flexibility index (Phi) is 5.27. The number of nitrogens with zero attached hydrogens (tertiary/aromatic N) is 1. The van der Waals surface area contributed by atoms with Crippen molar-refractivity contribution in [3.63, 3.8) is 0 Å². The molecule has 9 rings (SSSR count). The molecule has 0 radical (unpaired) electrons. The molecule has 8 aromatic carbocycles. The molecule has 0 atom stereocenters. The van der Waals surface area contributed by atoms with E-state index in [0.29, 0.717) is 0 Å². The lowest BCUT2D eigenvalue weighted by Crippen LogP contribution is -1.92. The molecule has 0 N–H and O–H groups in total. The number of rotatable bonds is 3. The Balaban J connectivity index is 1.24. The Hall–Kier alpha value is -5.66. The summed E-state index contributed by atoms with van der Waals surface area (Å²) in [4.78, 5) is 0. The van der Waals surface area contributed by atoms with Gasteiger partial charge in [0.15, 0.2) is 0 Å². The third-order valence-corrected chi connectivity index (χ3v) is 8.94. The van der Waals surface area contributed by atoms with Crippen LogP contribution in [0.2, 0.25) is 0 Å². The van der Waals surface area contributed by atoms with Crippen LogP contribution in [0.1, 0.15) is 0 Å². The summed E-state index contributed by atoms with van der Waals surface area (Å²) in [5.41, 5.74) is 8.62. The maximum atomic E-state index is 2.39. The molecule has 0 saturated carbocycles. The first-order valence-electron chi connectivity index (χ1n) is 14.9. The molecule has 0 spiro atoms. The van der Waals surface area contributed by atoms with Crippen molar-refractivity contribution in [1.82, 2.24) is 4.57 Å². The van der Waals surface area contributed by atoms with Crippen LogP contribution >= 0.6 is 0 Å². The van der Waals surface area contributed by atoms with Crippen molar-refractivity contribution in [3.8, 4) is 27.9 Å². The Morgan fingerprint density at radius 1 is 0.326 bits per heavy atom. The Labute approximate surface area is 249 Å². The van der Waals surface area contributed by atoms with Gasteiger partial charge < -0.3 is 4.57 Å². The molecule has 0 aliphatic rings. The molecule has 0 aliphatic carbocycles. The summed E-state index contributed by atoms with van der Waals surface area (Å²) in [6, 6.07) is 59.8. The lowest BCUT2D eigenvalue weighted by molar-refractivity contribution is 1.18. The van der Waals surface area contributed by atoms with Crippen molar-refractivity contribution < 1.29 is 0 Å². The van der Waals surface area contributed by atoms with Crippen LogP contribution in [-0.2, 0) is 0 Å². The highest BCUT2D eigenvalue weighted by Crippen LogP contribution is 2.39. The summed E-state index contributed by atoms with van der Waals surface area (Å²) in [5.74, 6) is 0. The molecule has 1 nitrogen and oxygen atoms in total. The Bertz CT molecular complexity index is 2490. The van der Waals surface area contributed by atoms with Gasteiger partial charge in [0.25, 0.3) is 0 Å². The standard InChI is InChI=1S/C42H27N/c1-2-11-35(12-3-1)43-40-16-7-6-14-38(40)42-39-27-32(21-19-30(39)23-24-41(42)43)31-20-17-28-18-22-33(26-34(28)25-31)37-15-8-10-29-9-4-5-13-36(29)37/h1-27H. The number of para-hydroxylation sites is 2. The Morgan fingerprint density at radius 3 is 1.84 bits per heavy atom. The molecule has 0 unspecified atom stereocenters. The number of hydrogen-bond acceptors (Lipinski definition) is 0. The zero-order valence-corrected chi connectivity index (χ0v) is 23.5. The van der Waals surface area contributed by atoms with Crippen LogP contribution in [-0.4, -0.2) is 4.57 Å². The maximum absolute atomic E-state index is 2.39. The van der Waals surface area contributed by atoms with Crippen molar-refractivity contribution in [3.05, 3.63) is 164 Å². The van der Waals surface area contributed by atoms with Crippen LogP contribution in [0, 0.1) is 0 Å². The lowest BCUT2D eigenvalue weighted by Gasteiger charge is -2.11. The van der Waals surface area contributed by atoms with Gasteiger partial charge in [-0.2, -0.15) is 0 Å². The van der Waals surface area contributed by atoms with Crippen LogP contribution in [0.15, 0.2) is 164 Å². The van der Waals surface area contributed by atoms with E-state index in [4.69, 9.17) is 0 Å². The van der Waals surface area contributed by atoms with E-state index in [2.05, 4.69) is 168 Å². The second-order valence-corrected chi connectivity index (χ2v) is 11.4. The number of aromatic nitrogens is 1. The van der Waals surface area contributed by atoms with Crippen LogP contribution in [0.3, 0.4) is 0 Å². The predicted octanol–water partition coefficient (Wildman–Crippen LogP) is 11.6. The number of benzene rings is 8. The molecule has 9 aromatic rings. The first-order valence-corrected chi connectivity index (χ1v) is 14.9. The van der Waals surface area contributed by atoms with E-state index in [0.717, 1.165) is 0 Å². The molecule has 43 heavy (non-hydrogen) atoms. The van der Waals surface area contributed by atoms with Crippen LogP contribution in [0.25, 0.3) is 82.1 Å². The SMILES string of the molecule is c1ccc(-n2c3ccccc3c3c4cc(-c5ccc6ccc(-c7cccc8ccccc78)cc6c5)ccc4ccc32)cc1. The largest absolute Gasteiger partial charge is 0.309 e. The summed E-state index contributed by atoms with van der Waals surface area (Å²) in [5, 5.41) is 10.2. The molecule has 0 saturated heterocycles. The van der Waals surface area contributed by atoms with Gasteiger partial charge in [-0.15, -0.1) is 0 Å². The van der Waals surface area contributed by atoms with E-state index in [1.165, 1.54) is 82.1 Å². The van der Waals surface area contributed by atoms with Crippen molar-refractivity contribution in [1.29, 1.82) is 0 Å². The van der Waals surface area contributed by atoms with Crippen molar-refractivity contribution in [2.75, 3.05) is 0 Å². The molecule has 1 aromatic heterocycles. The van der Waals surface area contributed by atoms with Crippen molar-refractivity contribution in [2.24, 2.45) is 0 Å². The average molecular weight is 546 g/mol. The zero-order valence-electron chi connectivity index (χ0n) is 23.5. The third-order valence-electron chi connectivity index (χ3n) is 8.94. The van der Waals surface area contributed by atoms with Gasteiger partial charge in [-0.25, -0.2) is 0 Å². The van der Waals surface area contributed by atoms with Gasteiger partial charge in [0.1, 0.15) is 0 Å². The minimum atomic E-state index is 1.18. The molecule has 1 heteroatoms. The first-order chi connectivity index (χ1) is 21.3. The second kappa shape index (κ2) is 9.44. The Morgan fingerprint density at radius 2 is 0.953 bits per heavy atom. The van der Waals surface area contributed by atoms with Crippen molar-refractivity contribution >= 4 is 54.1 Å². The molecule has 0 bridgehead atoms. The number of hydrogen-bond donors (Lipinski definition) is 0. The molecule has 0 aliphatic heterocycles. The van der Waals surface area contributed by atoms with Crippen LogP contribution < -0.4 is 0 Å². The van der Waals surface area contributed by atoms with E-state index in [1.807, 2.05) is 0 Å². The third kappa shape index (κ3) is 3.79. The molecular formula is C42H27N. The monoisotopic (exact) mass is 545 g/mol. The van der Waals surface area contributed by atoms with Crippen molar-refractivity contribution in [2.45, 2.75) is 0 Å². The molecule has 1 heterocycles. The molecule has 200 valence electrons. The van der Waals surface area contributed by atoms with Crippen LogP contribution in [0.4, 0.5) is 0 Å². The van der Waals surface area contributed by atoms with Gasteiger partial charge in [-0.05, 0) is 97.0 Å². The first kappa shape index (κ1) is 24.0. The fourth-order valence-corrected chi connectivity index (χ4v) is 6.89. The summed E-state index contributed by atoms with van der Waals surface area (Å²) in [6.07, 6.45) is 0. The smallest absolute Gasteiger partial charge is 0.0547 e. The summed E-state index contributed by atoms with van der Waals surface area (Å²) < 4.78 is 2.39. The van der Waals surface area contributed by atoms with Gasteiger partial charge in [-0.3, -0.25) is 0 Å². The normalized spacial score (nSPS) is 11.7. The highest BCUT2D eigenvalue weighted by atomic mass is 15.0. The quantitative estimate of drug-likeness (QED) is 0.208. The van der Waals surface area contributed by atoms with E-state index < -0.39 is 0 Å². The fourth-order valence-electron chi connectivity index (χ4n) is 6.89. The number of fused-ring (bicyclic) bond motifs is 7. The highest BCUT2D eigenvalue weighted by Gasteiger charge is 2.15. The lowest BCUT2D eigenvalue weighted by atomic mass is 9.94. The zero-order chi connectivity index (χ0) is 28.3. The van der Waals surface area contributed by atoms with Crippen LogP contribution in [0.5, 0.6) is 0 Å². The van der Waals surface area contributed by atoms with E-state index in [1.54, 1.807) is 0 Å². The van der Waals surface area contributed by atoms with Gasteiger partial charge in [-0.1, -0.05) is 121 Å². The predicted molar refractivity (Wildman–Crippen MR) is 184 cm³/mol. The minimum absolute atomic E-state index is 1.18. The topological polar surface area (TPSA) is 4.93 Å². The van der Waals surface area contributed by atoms with E-state index in [9.17, 15) is 0 Å². The van der Waals surface area contributed by atoms with Gasteiger partial charge >= 0.3 is 0 Å². The summed E-state index contributed by atoms with van der Waals surface area (Å²) in [7, 11) is 0. The van der Waals surface area contributed by atoms with E-state index in [-0.39, 0.29) is 0 Å². The maximum Gasteiger partial charge on any atom is 0.0547 e. The average Bonchev–Trinajstić information content (AvgIpc) is 3.42. The van der Waals surface area contributed by atoms with Gasteiger partial charge in [0, 0.05) is 16.5 Å². The summed E-state index contributed by atoms with van der Waals surface area (Å²) in [6.45, 7) is 0.